The van der Waals surface area contributed by atoms with E-state index < -0.39 is 5.91 Å². The van der Waals surface area contributed by atoms with Gasteiger partial charge in [0.2, 0.25) is 5.91 Å². The monoisotopic (exact) mass is 295 g/mol. The molecule has 5 N–H and O–H groups in total. The maximum Gasteiger partial charge on any atom is 0.248 e. The van der Waals surface area contributed by atoms with Crippen LogP contribution in [0.25, 0.3) is 21.7 Å². The molecule has 3 rings (SSSR count). The number of aromatic nitrogens is 2. The van der Waals surface area contributed by atoms with Gasteiger partial charge in [0.1, 0.15) is 5.82 Å². The zero-order valence-corrected chi connectivity index (χ0v) is 12.0. The van der Waals surface area contributed by atoms with E-state index in [-0.39, 0.29) is 0 Å². The number of hydrogen-bond donors (Lipinski definition) is 3. The van der Waals surface area contributed by atoms with Crippen LogP contribution < -0.4 is 16.8 Å². The Hall–Kier alpha value is -2.73. The van der Waals surface area contributed by atoms with Crippen LogP contribution in [-0.2, 0) is 0 Å². The van der Waals surface area contributed by atoms with Gasteiger partial charge in [0.15, 0.2) is 0 Å². The van der Waals surface area contributed by atoms with Gasteiger partial charge in [-0.1, -0.05) is 6.07 Å². The van der Waals surface area contributed by atoms with Gasteiger partial charge in [0, 0.05) is 40.7 Å². The third-order valence-electron chi connectivity index (χ3n) is 3.55. The number of carbonyl (C=O) groups is 1. The van der Waals surface area contributed by atoms with E-state index in [2.05, 4.69) is 15.3 Å². The zero-order chi connectivity index (χ0) is 15.5. The summed E-state index contributed by atoms with van der Waals surface area (Å²) in [6.45, 7) is 1.35. The number of fused-ring (bicyclic) bond motifs is 3. The Labute approximate surface area is 127 Å². The molecule has 2 heterocycles. The van der Waals surface area contributed by atoms with Gasteiger partial charge >= 0.3 is 0 Å². The van der Waals surface area contributed by atoms with Crippen LogP contribution in [0.2, 0.25) is 0 Å². The second kappa shape index (κ2) is 5.95. The number of amides is 1. The number of carbonyl (C=O) groups excluding carboxylic acids is 1. The largest absolute Gasteiger partial charge is 0.369 e. The highest BCUT2D eigenvalue weighted by molar-refractivity contribution is 6.11. The Morgan fingerprint density at radius 2 is 2.05 bits per heavy atom. The van der Waals surface area contributed by atoms with E-state index in [9.17, 15) is 4.79 Å². The number of nitrogens with zero attached hydrogens (tertiary/aromatic N) is 2. The molecule has 0 aliphatic rings. The predicted molar refractivity (Wildman–Crippen MR) is 87.7 cm³/mol. The molecule has 0 aliphatic carbocycles. The Morgan fingerprint density at radius 3 is 2.82 bits per heavy atom. The van der Waals surface area contributed by atoms with Crippen molar-refractivity contribution in [1.29, 1.82) is 0 Å². The minimum absolute atomic E-state index is 0.441. The van der Waals surface area contributed by atoms with Crippen LogP contribution >= 0.6 is 0 Å². The van der Waals surface area contributed by atoms with E-state index >= 15 is 0 Å². The first-order valence-electron chi connectivity index (χ1n) is 7.12. The van der Waals surface area contributed by atoms with Gasteiger partial charge in [-0.05, 0) is 31.2 Å². The number of nitrogens with two attached hydrogens (primary N) is 2. The van der Waals surface area contributed by atoms with Crippen molar-refractivity contribution in [3.63, 3.8) is 0 Å². The molecule has 0 saturated carbocycles. The second-order valence-corrected chi connectivity index (χ2v) is 5.05. The topological polar surface area (TPSA) is 107 Å². The number of hydrogen-bond acceptors (Lipinski definition) is 5. The number of nitrogens with one attached hydrogen (secondary N) is 1. The normalized spacial score (nSPS) is 11.0. The summed E-state index contributed by atoms with van der Waals surface area (Å²) in [6.07, 6.45) is 4.40. The molecule has 6 heteroatoms. The smallest absolute Gasteiger partial charge is 0.248 e. The van der Waals surface area contributed by atoms with E-state index in [1.54, 1.807) is 24.5 Å². The van der Waals surface area contributed by atoms with Crippen LogP contribution in [-0.4, -0.2) is 29.0 Å². The van der Waals surface area contributed by atoms with E-state index in [1.807, 2.05) is 12.1 Å². The summed E-state index contributed by atoms with van der Waals surface area (Å²) in [4.78, 5) is 20.2. The summed E-state index contributed by atoms with van der Waals surface area (Å²) in [6, 6.07) is 7.20. The van der Waals surface area contributed by atoms with Crippen LogP contribution in [0.15, 0.2) is 36.7 Å². The van der Waals surface area contributed by atoms with Gasteiger partial charge in [-0.3, -0.25) is 9.78 Å². The van der Waals surface area contributed by atoms with Gasteiger partial charge in [0.05, 0.1) is 5.52 Å². The molecule has 6 nitrogen and oxygen atoms in total. The molecule has 2 aromatic heterocycles. The maximum absolute atomic E-state index is 11.4. The average molecular weight is 295 g/mol. The first kappa shape index (κ1) is 14.2. The lowest BCUT2D eigenvalue weighted by Gasteiger charge is -2.11. The Morgan fingerprint density at radius 1 is 1.18 bits per heavy atom. The molecule has 1 amide bonds. The lowest BCUT2D eigenvalue weighted by atomic mass is 10.1. The van der Waals surface area contributed by atoms with Crippen molar-refractivity contribution >= 4 is 33.4 Å². The molecule has 0 unspecified atom stereocenters. The van der Waals surface area contributed by atoms with Crippen LogP contribution in [0, 0.1) is 0 Å². The predicted octanol–water partition coefficient (Wildman–Crippen LogP) is 1.64. The van der Waals surface area contributed by atoms with Crippen LogP contribution in [0.3, 0.4) is 0 Å². The Kier molecular flexibility index (Phi) is 3.84. The summed E-state index contributed by atoms with van der Waals surface area (Å²) in [5.74, 6) is 0.299. The van der Waals surface area contributed by atoms with Crippen molar-refractivity contribution in [1.82, 2.24) is 9.97 Å². The Balaban J connectivity index is 2.20. The number of anilines is 1. The van der Waals surface area contributed by atoms with Crippen molar-refractivity contribution in [2.45, 2.75) is 6.42 Å². The highest BCUT2D eigenvalue weighted by atomic mass is 16.1. The number of primary amides is 1. The number of rotatable bonds is 5. The van der Waals surface area contributed by atoms with E-state index in [0.29, 0.717) is 17.6 Å². The molecule has 0 atom stereocenters. The quantitative estimate of drug-likeness (QED) is 0.490. The molecule has 3 aromatic rings. The zero-order valence-electron chi connectivity index (χ0n) is 12.0. The SMILES string of the molecule is NCCCNc1nc2cc(C(N)=O)ccc2c2cnccc12. The fourth-order valence-electron chi connectivity index (χ4n) is 2.45. The van der Waals surface area contributed by atoms with Gasteiger partial charge in [-0.25, -0.2) is 4.98 Å². The van der Waals surface area contributed by atoms with Crippen LogP contribution in [0.1, 0.15) is 16.8 Å². The minimum atomic E-state index is -0.465. The van der Waals surface area contributed by atoms with Crippen LogP contribution in [0.4, 0.5) is 5.82 Å². The fourth-order valence-corrected chi connectivity index (χ4v) is 2.45. The minimum Gasteiger partial charge on any atom is -0.369 e. The maximum atomic E-state index is 11.4. The molecule has 0 saturated heterocycles. The standard InChI is InChI=1S/C16H17N5O/c17-5-1-6-20-16-12-4-7-19-9-13(12)11-3-2-10(15(18)22)8-14(11)21-16/h2-4,7-9H,1,5-6,17H2,(H2,18,22)(H,20,21). The Bertz CT molecular complexity index is 846. The summed E-state index contributed by atoms with van der Waals surface area (Å²) in [5.41, 5.74) is 12.0. The summed E-state index contributed by atoms with van der Waals surface area (Å²) < 4.78 is 0. The third-order valence-corrected chi connectivity index (χ3v) is 3.55. The lowest BCUT2D eigenvalue weighted by molar-refractivity contribution is 0.100. The van der Waals surface area contributed by atoms with E-state index in [0.717, 1.165) is 34.9 Å². The summed E-state index contributed by atoms with van der Waals surface area (Å²) in [7, 11) is 0. The van der Waals surface area contributed by atoms with Crippen molar-refractivity contribution < 1.29 is 4.79 Å². The number of pyridine rings is 2. The number of benzene rings is 1. The van der Waals surface area contributed by atoms with Crippen molar-refractivity contribution in [3.05, 3.63) is 42.2 Å². The third kappa shape index (κ3) is 2.56. The van der Waals surface area contributed by atoms with Crippen molar-refractivity contribution in [3.8, 4) is 0 Å². The van der Waals surface area contributed by atoms with Gasteiger partial charge in [-0.15, -0.1) is 0 Å². The molecular weight excluding hydrogens is 278 g/mol. The molecular formula is C16H17N5O. The lowest BCUT2D eigenvalue weighted by Crippen LogP contribution is -2.11. The molecule has 112 valence electrons. The molecule has 1 aromatic carbocycles. The summed E-state index contributed by atoms with van der Waals surface area (Å²) in [5, 5.41) is 6.21. The van der Waals surface area contributed by atoms with Gasteiger partial charge in [0.25, 0.3) is 0 Å². The van der Waals surface area contributed by atoms with Gasteiger partial charge in [-0.2, -0.15) is 0 Å². The summed E-state index contributed by atoms with van der Waals surface area (Å²) >= 11 is 0. The van der Waals surface area contributed by atoms with Crippen LogP contribution in [0.5, 0.6) is 0 Å². The molecule has 0 bridgehead atoms. The average Bonchev–Trinajstić information content (AvgIpc) is 2.54. The van der Waals surface area contributed by atoms with Crippen molar-refractivity contribution in [2.24, 2.45) is 11.5 Å². The molecule has 0 fully saturated rings. The highest BCUT2D eigenvalue weighted by Gasteiger charge is 2.10. The second-order valence-electron chi connectivity index (χ2n) is 5.05. The molecule has 22 heavy (non-hydrogen) atoms. The first-order valence-corrected chi connectivity index (χ1v) is 7.12. The van der Waals surface area contributed by atoms with E-state index in [4.69, 9.17) is 11.5 Å². The fraction of sp³-hybridized carbons (Fsp3) is 0.188. The van der Waals surface area contributed by atoms with E-state index in [1.165, 1.54) is 0 Å². The highest BCUT2D eigenvalue weighted by Crippen LogP contribution is 2.29. The van der Waals surface area contributed by atoms with Crippen molar-refractivity contribution in [2.75, 3.05) is 18.4 Å². The molecule has 0 aliphatic heterocycles. The first-order chi connectivity index (χ1) is 10.7. The molecule has 0 spiro atoms. The van der Waals surface area contributed by atoms with Gasteiger partial charge < -0.3 is 16.8 Å². The molecule has 0 radical (unpaired) electrons.